The first-order valence-corrected chi connectivity index (χ1v) is 7.66. The molecular weight excluding hydrogens is 285 g/mol. The molecule has 5 nitrogen and oxygen atoms in total. The van der Waals surface area contributed by atoms with Gasteiger partial charge < -0.3 is 10.2 Å². The predicted molar refractivity (Wildman–Crippen MR) is 79.4 cm³/mol. The number of nitrogens with zero attached hydrogens (tertiary/aromatic N) is 2. The Bertz CT molecular complexity index is 593. The number of nitrogens with one attached hydrogen (secondary N) is 1. The van der Waals surface area contributed by atoms with Crippen molar-refractivity contribution in [3.05, 3.63) is 35.6 Å². The number of hydrogen-bond acceptors (Lipinski definition) is 3. The van der Waals surface area contributed by atoms with Gasteiger partial charge in [-0.25, -0.2) is 4.39 Å². The minimum absolute atomic E-state index is 0.00218. The Labute approximate surface area is 129 Å². The monoisotopic (exact) mass is 305 g/mol. The van der Waals surface area contributed by atoms with E-state index in [0.29, 0.717) is 38.2 Å². The van der Waals surface area contributed by atoms with Crippen molar-refractivity contribution >= 4 is 11.8 Å². The Morgan fingerprint density at radius 1 is 1.27 bits per heavy atom. The summed E-state index contributed by atoms with van der Waals surface area (Å²) in [6.07, 6.45) is 0.604. The van der Waals surface area contributed by atoms with Gasteiger partial charge in [0, 0.05) is 31.7 Å². The zero-order valence-electron chi connectivity index (χ0n) is 12.6. The molecule has 0 aromatic heterocycles. The van der Waals surface area contributed by atoms with Gasteiger partial charge in [-0.2, -0.15) is 0 Å². The SMILES string of the molecule is CC[C@@H]1NC(=O)[C@H]2CN(Cc3ccccc3F)CCN2C1=O. The van der Waals surface area contributed by atoms with Crippen LogP contribution in [0, 0.1) is 5.82 Å². The maximum Gasteiger partial charge on any atom is 0.245 e. The second kappa shape index (κ2) is 6.04. The van der Waals surface area contributed by atoms with Gasteiger partial charge in [-0.15, -0.1) is 0 Å². The first-order chi connectivity index (χ1) is 10.6. The highest BCUT2D eigenvalue weighted by atomic mass is 19.1. The van der Waals surface area contributed by atoms with Crippen molar-refractivity contribution in [1.29, 1.82) is 0 Å². The van der Waals surface area contributed by atoms with Gasteiger partial charge in [0.2, 0.25) is 11.8 Å². The summed E-state index contributed by atoms with van der Waals surface area (Å²) in [6, 6.07) is 5.79. The third-order valence-electron chi connectivity index (χ3n) is 4.42. The number of piperazine rings is 2. The number of carbonyl (C=O) groups excluding carboxylic acids is 2. The van der Waals surface area contributed by atoms with Crippen LogP contribution in [-0.4, -0.2) is 53.3 Å². The van der Waals surface area contributed by atoms with Crippen LogP contribution in [0.1, 0.15) is 18.9 Å². The Balaban J connectivity index is 1.70. The van der Waals surface area contributed by atoms with Crippen molar-refractivity contribution in [1.82, 2.24) is 15.1 Å². The normalized spacial score (nSPS) is 25.8. The molecule has 118 valence electrons. The lowest BCUT2D eigenvalue weighted by atomic mass is 10.0. The first-order valence-electron chi connectivity index (χ1n) is 7.66. The second-order valence-corrected chi connectivity index (χ2v) is 5.84. The molecule has 0 radical (unpaired) electrons. The van der Waals surface area contributed by atoms with E-state index < -0.39 is 12.1 Å². The molecule has 2 aliphatic heterocycles. The Morgan fingerprint density at radius 3 is 2.77 bits per heavy atom. The van der Waals surface area contributed by atoms with Crippen molar-refractivity contribution < 1.29 is 14.0 Å². The summed E-state index contributed by atoms with van der Waals surface area (Å²) in [5, 5.41) is 2.78. The molecule has 2 saturated heterocycles. The van der Waals surface area contributed by atoms with E-state index in [9.17, 15) is 14.0 Å². The lowest BCUT2D eigenvalue weighted by Gasteiger charge is -2.45. The zero-order chi connectivity index (χ0) is 15.7. The van der Waals surface area contributed by atoms with Crippen LogP contribution in [0.5, 0.6) is 0 Å². The topological polar surface area (TPSA) is 52.7 Å². The number of halogens is 1. The molecule has 1 aromatic rings. The van der Waals surface area contributed by atoms with E-state index in [-0.39, 0.29) is 17.6 Å². The summed E-state index contributed by atoms with van der Waals surface area (Å²) in [5.74, 6) is -0.345. The Morgan fingerprint density at radius 2 is 2.05 bits per heavy atom. The van der Waals surface area contributed by atoms with Crippen molar-refractivity contribution in [2.45, 2.75) is 32.0 Å². The highest BCUT2D eigenvalue weighted by Gasteiger charge is 2.42. The average molecular weight is 305 g/mol. The largest absolute Gasteiger partial charge is 0.342 e. The number of fused-ring (bicyclic) bond motifs is 1. The summed E-state index contributed by atoms with van der Waals surface area (Å²) in [7, 11) is 0. The van der Waals surface area contributed by atoms with Crippen molar-refractivity contribution in [2.24, 2.45) is 0 Å². The van der Waals surface area contributed by atoms with E-state index in [1.165, 1.54) is 6.07 Å². The molecule has 2 fully saturated rings. The van der Waals surface area contributed by atoms with Crippen LogP contribution in [-0.2, 0) is 16.1 Å². The van der Waals surface area contributed by atoms with E-state index in [1.807, 2.05) is 11.8 Å². The van der Waals surface area contributed by atoms with E-state index in [2.05, 4.69) is 5.32 Å². The maximum atomic E-state index is 13.7. The van der Waals surface area contributed by atoms with Crippen LogP contribution >= 0.6 is 0 Å². The van der Waals surface area contributed by atoms with Gasteiger partial charge in [-0.3, -0.25) is 14.5 Å². The van der Waals surface area contributed by atoms with Gasteiger partial charge in [-0.1, -0.05) is 25.1 Å². The van der Waals surface area contributed by atoms with E-state index >= 15 is 0 Å². The molecule has 0 unspecified atom stereocenters. The molecular formula is C16H20FN3O2. The number of rotatable bonds is 3. The van der Waals surface area contributed by atoms with E-state index in [0.717, 1.165) is 0 Å². The molecule has 0 spiro atoms. The molecule has 22 heavy (non-hydrogen) atoms. The highest BCUT2D eigenvalue weighted by Crippen LogP contribution is 2.19. The minimum Gasteiger partial charge on any atom is -0.342 e. The molecule has 0 saturated carbocycles. The maximum absolute atomic E-state index is 13.7. The van der Waals surface area contributed by atoms with Crippen LogP contribution < -0.4 is 5.32 Å². The summed E-state index contributed by atoms with van der Waals surface area (Å²) < 4.78 is 13.7. The van der Waals surface area contributed by atoms with Crippen molar-refractivity contribution in [2.75, 3.05) is 19.6 Å². The highest BCUT2D eigenvalue weighted by molar-refractivity contribution is 5.97. The third-order valence-corrected chi connectivity index (χ3v) is 4.42. The number of benzene rings is 1. The number of hydrogen-bond donors (Lipinski definition) is 1. The second-order valence-electron chi connectivity index (χ2n) is 5.84. The van der Waals surface area contributed by atoms with Crippen LogP contribution in [0.25, 0.3) is 0 Å². The van der Waals surface area contributed by atoms with Crippen LogP contribution in [0.3, 0.4) is 0 Å². The van der Waals surface area contributed by atoms with Crippen molar-refractivity contribution in [3.63, 3.8) is 0 Å². The number of carbonyl (C=O) groups is 2. The molecule has 2 amide bonds. The standard InChI is InChI=1S/C16H20FN3O2/c1-2-13-16(22)20-8-7-19(10-14(20)15(21)18-13)9-11-5-3-4-6-12(11)17/h3-6,13-14H,2,7-10H2,1H3,(H,18,21)/t13-,14+/m0/s1. The van der Waals surface area contributed by atoms with Gasteiger partial charge in [0.05, 0.1) is 0 Å². The fraction of sp³-hybridized carbons (Fsp3) is 0.500. The van der Waals surface area contributed by atoms with E-state index in [4.69, 9.17) is 0 Å². The summed E-state index contributed by atoms with van der Waals surface area (Å²) in [4.78, 5) is 28.2. The molecule has 0 bridgehead atoms. The predicted octanol–water partition coefficient (Wildman–Crippen LogP) is 0.747. The van der Waals surface area contributed by atoms with Crippen LogP contribution in [0.15, 0.2) is 24.3 Å². The van der Waals surface area contributed by atoms with Gasteiger partial charge in [0.15, 0.2) is 0 Å². The fourth-order valence-electron chi connectivity index (χ4n) is 3.15. The smallest absolute Gasteiger partial charge is 0.245 e. The van der Waals surface area contributed by atoms with Gasteiger partial charge in [0.1, 0.15) is 17.9 Å². The van der Waals surface area contributed by atoms with Gasteiger partial charge in [-0.05, 0) is 12.5 Å². The van der Waals surface area contributed by atoms with Crippen molar-refractivity contribution in [3.8, 4) is 0 Å². The molecule has 2 atom stereocenters. The quantitative estimate of drug-likeness (QED) is 0.896. The van der Waals surface area contributed by atoms with Crippen LogP contribution in [0.2, 0.25) is 0 Å². The first kappa shape index (κ1) is 15.0. The summed E-state index contributed by atoms with van der Waals surface area (Å²) in [5.41, 5.74) is 0.616. The van der Waals surface area contributed by atoms with Gasteiger partial charge in [0.25, 0.3) is 0 Å². The molecule has 1 aromatic carbocycles. The van der Waals surface area contributed by atoms with Crippen LogP contribution in [0.4, 0.5) is 4.39 Å². The zero-order valence-corrected chi connectivity index (χ0v) is 12.6. The molecule has 6 heteroatoms. The average Bonchev–Trinajstić information content (AvgIpc) is 2.53. The molecule has 3 rings (SSSR count). The molecule has 2 aliphatic rings. The summed E-state index contributed by atoms with van der Waals surface area (Å²) in [6.45, 7) is 3.96. The molecule has 0 aliphatic carbocycles. The van der Waals surface area contributed by atoms with E-state index in [1.54, 1.807) is 23.1 Å². The third kappa shape index (κ3) is 2.70. The summed E-state index contributed by atoms with van der Waals surface area (Å²) >= 11 is 0. The minimum atomic E-state index is -0.462. The molecule has 2 heterocycles. The molecule has 1 N–H and O–H groups in total. The Hall–Kier alpha value is -1.95. The fourth-order valence-corrected chi connectivity index (χ4v) is 3.15. The number of amides is 2. The lowest BCUT2D eigenvalue weighted by molar-refractivity contribution is -0.153. The Kier molecular flexibility index (Phi) is 4.11. The van der Waals surface area contributed by atoms with Gasteiger partial charge >= 0.3 is 0 Å². The lowest BCUT2D eigenvalue weighted by Crippen LogP contribution is -2.68.